The third-order valence-electron chi connectivity index (χ3n) is 2.83. The number of rotatable bonds is 6. The quantitative estimate of drug-likeness (QED) is 0.735. The molecule has 0 amide bonds. The maximum absolute atomic E-state index is 5.66. The van der Waals surface area contributed by atoms with Crippen LogP contribution in [0.1, 0.15) is 31.7 Å². The second-order valence-electron chi connectivity index (χ2n) is 3.89. The first-order chi connectivity index (χ1) is 6.86. The molecule has 0 saturated heterocycles. The zero-order valence-corrected chi connectivity index (χ0v) is 9.08. The lowest BCUT2D eigenvalue weighted by Crippen LogP contribution is -2.13. The lowest BCUT2D eigenvalue weighted by atomic mass is 9.97. The molecule has 0 aliphatic rings. The molecule has 0 radical (unpaired) electrons. The molecule has 1 aromatic carbocycles. The summed E-state index contributed by atoms with van der Waals surface area (Å²) in [6.45, 7) is 3.06. The van der Waals surface area contributed by atoms with Crippen LogP contribution in [-0.4, -0.2) is 6.54 Å². The number of aryl methyl sites for hydroxylation is 1. The highest BCUT2D eigenvalue weighted by molar-refractivity contribution is 5.14. The van der Waals surface area contributed by atoms with Crippen LogP contribution in [0.3, 0.4) is 0 Å². The Balaban J connectivity index is 2.21. The maximum atomic E-state index is 5.66. The van der Waals surface area contributed by atoms with Crippen LogP contribution in [0, 0.1) is 5.92 Å². The third kappa shape index (κ3) is 3.93. The van der Waals surface area contributed by atoms with Gasteiger partial charge in [-0.1, -0.05) is 43.7 Å². The summed E-state index contributed by atoms with van der Waals surface area (Å²) in [5, 5.41) is 0. The Morgan fingerprint density at radius 3 is 2.50 bits per heavy atom. The van der Waals surface area contributed by atoms with Crippen molar-refractivity contribution in [1.29, 1.82) is 0 Å². The number of hydrogen-bond donors (Lipinski definition) is 1. The molecule has 0 spiro atoms. The summed E-state index contributed by atoms with van der Waals surface area (Å²) in [5.41, 5.74) is 7.11. The largest absolute Gasteiger partial charge is 0.330 e. The van der Waals surface area contributed by atoms with E-state index < -0.39 is 0 Å². The molecule has 14 heavy (non-hydrogen) atoms. The minimum Gasteiger partial charge on any atom is -0.330 e. The van der Waals surface area contributed by atoms with Gasteiger partial charge in [-0.05, 0) is 37.3 Å². The van der Waals surface area contributed by atoms with Crippen molar-refractivity contribution in [1.82, 2.24) is 0 Å². The van der Waals surface area contributed by atoms with Crippen molar-refractivity contribution in [3.8, 4) is 0 Å². The summed E-state index contributed by atoms with van der Waals surface area (Å²) in [6.07, 6.45) is 4.93. The molecule has 1 atom stereocenters. The first-order valence-corrected chi connectivity index (χ1v) is 5.60. The van der Waals surface area contributed by atoms with Gasteiger partial charge in [-0.3, -0.25) is 0 Å². The van der Waals surface area contributed by atoms with Gasteiger partial charge >= 0.3 is 0 Å². The van der Waals surface area contributed by atoms with Gasteiger partial charge < -0.3 is 5.73 Å². The fraction of sp³-hybridized carbons (Fsp3) is 0.538. The van der Waals surface area contributed by atoms with Gasteiger partial charge in [0, 0.05) is 0 Å². The standard InChI is InChI=1S/C13H21N/c1-2-12(11-14)9-6-10-13-7-4-3-5-8-13/h3-5,7-8,12H,2,6,9-11,14H2,1H3. The summed E-state index contributed by atoms with van der Waals surface area (Å²) >= 11 is 0. The Morgan fingerprint density at radius 1 is 1.21 bits per heavy atom. The van der Waals surface area contributed by atoms with E-state index in [-0.39, 0.29) is 0 Å². The van der Waals surface area contributed by atoms with Gasteiger partial charge in [0.2, 0.25) is 0 Å². The maximum Gasteiger partial charge on any atom is -0.00490 e. The Labute approximate surface area is 87.3 Å². The summed E-state index contributed by atoms with van der Waals surface area (Å²) in [7, 11) is 0. The van der Waals surface area contributed by atoms with Crippen LogP contribution in [0.15, 0.2) is 30.3 Å². The Kier molecular flexibility index (Phi) is 5.31. The van der Waals surface area contributed by atoms with E-state index in [1.165, 1.54) is 31.2 Å². The molecule has 1 aromatic rings. The van der Waals surface area contributed by atoms with Gasteiger partial charge in [-0.25, -0.2) is 0 Å². The highest BCUT2D eigenvalue weighted by Gasteiger charge is 2.02. The molecule has 0 aliphatic heterocycles. The van der Waals surface area contributed by atoms with E-state index in [0.29, 0.717) is 0 Å². The van der Waals surface area contributed by atoms with Crippen LogP contribution < -0.4 is 5.73 Å². The fourth-order valence-electron chi connectivity index (χ4n) is 1.73. The lowest BCUT2D eigenvalue weighted by Gasteiger charge is -2.11. The Bertz CT molecular complexity index is 226. The topological polar surface area (TPSA) is 26.0 Å². The molecule has 1 heteroatoms. The molecular weight excluding hydrogens is 170 g/mol. The second-order valence-corrected chi connectivity index (χ2v) is 3.89. The predicted molar refractivity (Wildman–Crippen MR) is 62.2 cm³/mol. The predicted octanol–water partition coefficient (Wildman–Crippen LogP) is 2.99. The van der Waals surface area contributed by atoms with E-state index in [2.05, 4.69) is 37.3 Å². The molecule has 0 aromatic heterocycles. The normalized spacial score (nSPS) is 12.7. The zero-order chi connectivity index (χ0) is 10.2. The molecule has 1 rings (SSSR count). The van der Waals surface area contributed by atoms with Gasteiger partial charge in [0.05, 0.1) is 0 Å². The molecule has 1 unspecified atom stereocenters. The first-order valence-electron chi connectivity index (χ1n) is 5.60. The zero-order valence-electron chi connectivity index (χ0n) is 9.08. The summed E-state index contributed by atoms with van der Waals surface area (Å²) in [5.74, 6) is 0.721. The number of benzene rings is 1. The van der Waals surface area contributed by atoms with Crippen molar-refractivity contribution >= 4 is 0 Å². The smallest absolute Gasteiger partial charge is 0.00490 e. The Morgan fingerprint density at radius 2 is 1.93 bits per heavy atom. The molecule has 0 fully saturated rings. The number of nitrogens with two attached hydrogens (primary N) is 1. The van der Waals surface area contributed by atoms with Crippen molar-refractivity contribution in [2.75, 3.05) is 6.54 Å². The molecule has 0 aliphatic carbocycles. The lowest BCUT2D eigenvalue weighted by molar-refractivity contribution is 0.465. The van der Waals surface area contributed by atoms with Gasteiger partial charge in [0.1, 0.15) is 0 Å². The summed E-state index contributed by atoms with van der Waals surface area (Å²) in [4.78, 5) is 0. The Hall–Kier alpha value is -0.820. The van der Waals surface area contributed by atoms with E-state index in [0.717, 1.165) is 12.5 Å². The van der Waals surface area contributed by atoms with Crippen molar-refractivity contribution in [3.05, 3.63) is 35.9 Å². The first kappa shape index (κ1) is 11.3. The molecular formula is C13H21N. The van der Waals surface area contributed by atoms with E-state index in [9.17, 15) is 0 Å². The van der Waals surface area contributed by atoms with E-state index in [1.54, 1.807) is 0 Å². The van der Waals surface area contributed by atoms with Crippen LogP contribution in [0.5, 0.6) is 0 Å². The third-order valence-corrected chi connectivity index (χ3v) is 2.83. The van der Waals surface area contributed by atoms with Gasteiger partial charge in [-0.2, -0.15) is 0 Å². The number of hydrogen-bond acceptors (Lipinski definition) is 1. The second kappa shape index (κ2) is 6.61. The average Bonchev–Trinajstić information content (AvgIpc) is 2.26. The summed E-state index contributed by atoms with van der Waals surface area (Å²) < 4.78 is 0. The average molecular weight is 191 g/mol. The van der Waals surface area contributed by atoms with E-state index in [4.69, 9.17) is 5.73 Å². The van der Waals surface area contributed by atoms with Crippen LogP contribution in [0.2, 0.25) is 0 Å². The highest BCUT2D eigenvalue weighted by atomic mass is 14.5. The van der Waals surface area contributed by atoms with Crippen LogP contribution in [0.25, 0.3) is 0 Å². The molecule has 0 heterocycles. The van der Waals surface area contributed by atoms with Gasteiger partial charge in [0.25, 0.3) is 0 Å². The molecule has 0 saturated carbocycles. The van der Waals surface area contributed by atoms with E-state index >= 15 is 0 Å². The molecule has 1 nitrogen and oxygen atoms in total. The van der Waals surface area contributed by atoms with Gasteiger partial charge in [0.15, 0.2) is 0 Å². The van der Waals surface area contributed by atoms with Crippen LogP contribution >= 0.6 is 0 Å². The highest BCUT2D eigenvalue weighted by Crippen LogP contribution is 2.12. The molecule has 0 bridgehead atoms. The van der Waals surface area contributed by atoms with Crippen molar-refractivity contribution in [2.45, 2.75) is 32.6 Å². The summed E-state index contributed by atoms with van der Waals surface area (Å²) in [6, 6.07) is 10.7. The van der Waals surface area contributed by atoms with Gasteiger partial charge in [-0.15, -0.1) is 0 Å². The molecule has 78 valence electrons. The minimum absolute atomic E-state index is 0.721. The monoisotopic (exact) mass is 191 g/mol. The van der Waals surface area contributed by atoms with Crippen LogP contribution in [-0.2, 0) is 6.42 Å². The SMILES string of the molecule is CCC(CN)CCCc1ccccc1. The van der Waals surface area contributed by atoms with Crippen LogP contribution in [0.4, 0.5) is 0 Å². The van der Waals surface area contributed by atoms with Crippen molar-refractivity contribution in [3.63, 3.8) is 0 Å². The fourth-order valence-corrected chi connectivity index (χ4v) is 1.73. The molecule has 2 N–H and O–H groups in total. The minimum atomic E-state index is 0.721. The van der Waals surface area contributed by atoms with Crippen molar-refractivity contribution < 1.29 is 0 Å². The van der Waals surface area contributed by atoms with Crippen molar-refractivity contribution in [2.24, 2.45) is 11.7 Å². The van der Waals surface area contributed by atoms with E-state index in [1.807, 2.05) is 0 Å².